The van der Waals surface area contributed by atoms with Crippen LogP contribution >= 0.6 is 0 Å². The summed E-state index contributed by atoms with van der Waals surface area (Å²) >= 11 is 0. The van der Waals surface area contributed by atoms with Crippen molar-refractivity contribution in [3.05, 3.63) is 47.5 Å². The van der Waals surface area contributed by atoms with Gasteiger partial charge in [0.15, 0.2) is 0 Å². The van der Waals surface area contributed by atoms with Crippen LogP contribution in [-0.4, -0.2) is 47.4 Å². The summed E-state index contributed by atoms with van der Waals surface area (Å²) in [5.74, 6) is -1.09. The molecule has 0 aliphatic carbocycles. The summed E-state index contributed by atoms with van der Waals surface area (Å²) in [6.45, 7) is 5.75. The number of anilines is 3. The summed E-state index contributed by atoms with van der Waals surface area (Å²) in [5, 5.41) is 9.53. The van der Waals surface area contributed by atoms with E-state index in [0.29, 0.717) is 30.0 Å². The van der Waals surface area contributed by atoms with E-state index >= 15 is 0 Å². The Hall–Kier alpha value is -3.20. The molecule has 1 aromatic carbocycles. The molecule has 1 saturated heterocycles. The van der Waals surface area contributed by atoms with E-state index in [-0.39, 0.29) is 23.5 Å². The van der Waals surface area contributed by atoms with Gasteiger partial charge in [0.25, 0.3) is 5.91 Å². The van der Waals surface area contributed by atoms with Crippen molar-refractivity contribution in [3.8, 4) is 0 Å². The van der Waals surface area contributed by atoms with Gasteiger partial charge in [0.1, 0.15) is 17.1 Å². The summed E-state index contributed by atoms with van der Waals surface area (Å²) in [7, 11) is 0. The summed E-state index contributed by atoms with van der Waals surface area (Å²) in [5.41, 5.74) is 7.17. The summed E-state index contributed by atoms with van der Waals surface area (Å²) in [6, 6.07) is 6.29. The number of nitrogens with one attached hydrogen (secondary N) is 3. The molecule has 2 atom stereocenters. The number of aromatic nitrogens is 1. The number of benzene rings is 1. The van der Waals surface area contributed by atoms with E-state index in [2.05, 4.69) is 25.8 Å². The van der Waals surface area contributed by atoms with Crippen molar-refractivity contribution >= 4 is 28.9 Å². The second-order valence-electron chi connectivity index (χ2n) is 8.16. The fraction of sp³-hybridized carbons (Fsp3) is 0.409. The molecule has 2 aliphatic heterocycles. The number of rotatable bonds is 6. The fourth-order valence-electron chi connectivity index (χ4n) is 4.49. The maximum absolute atomic E-state index is 14.4. The molecule has 4 rings (SSSR count). The van der Waals surface area contributed by atoms with Crippen LogP contribution < -0.4 is 21.7 Å². The van der Waals surface area contributed by atoms with Crippen molar-refractivity contribution in [3.63, 3.8) is 0 Å². The first kappa shape index (κ1) is 21.0. The number of piperidine rings is 1. The number of carbonyl (C=O) groups excluding carboxylic acids is 2. The molecular weight excluding hydrogens is 399 g/mol. The Morgan fingerprint density at radius 2 is 2.23 bits per heavy atom. The minimum Gasteiger partial charge on any atom is -0.384 e. The van der Waals surface area contributed by atoms with Crippen LogP contribution in [0, 0.1) is 5.82 Å². The number of amides is 2. The Balaban J connectivity index is 1.57. The quantitative estimate of drug-likeness (QED) is 0.565. The van der Waals surface area contributed by atoms with Gasteiger partial charge in [-0.05, 0) is 57.5 Å². The highest BCUT2D eigenvalue weighted by molar-refractivity contribution is 6.08. The van der Waals surface area contributed by atoms with Crippen LogP contribution in [0.15, 0.2) is 30.5 Å². The average molecular weight is 426 g/mol. The van der Waals surface area contributed by atoms with Crippen molar-refractivity contribution < 1.29 is 14.0 Å². The normalized spacial score (nSPS) is 23.2. The molecule has 1 fully saturated rings. The number of nitrogens with zero attached hydrogens (tertiary/aromatic N) is 2. The zero-order chi connectivity index (χ0) is 22.2. The first-order chi connectivity index (χ1) is 14.8. The number of carbonyl (C=O) groups is 2. The molecule has 2 aliphatic rings. The largest absolute Gasteiger partial charge is 0.384 e. The second kappa shape index (κ2) is 8.14. The van der Waals surface area contributed by atoms with Crippen LogP contribution in [0.2, 0.25) is 0 Å². The molecular formula is C22H27FN6O2. The molecule has 2 aromatic rings. The maximum Gasteiger partial charge on any atom is 0.267 e. The van der Waals surface area contributed by atoms with Crippen LogP contribution in [0.3, 0.4) is 0 Å². The van der Waals surface area contributed by atoms with Gasteiger partial charge in [-0.1, -0.05) is 0 Å². The van der Waals surface area contributed by atoms with E-state index in [4.69, 9.17) is 5.73 Å². The topological polar surface area (TPSA) is 112 Å². The van der Waals surface area contributed by atoms with Crippen LogP contribution in [0.5, 0.6) is 0 Å². The Morgan fingerprint density at radius 1 is 1.42 bits per heavy atom. The van der Waals surface area contributed by atoms with Gasteiger partial charge in [-0.15, -0.1) is 0 Å². The minimum atomic E-state index is -0.962. The predicted octanol–water partition coefficient (Wildman–Crippen LogP) is 2.50. The first-order valence-electron chi connectivity index (χ1n) is 10.5. The second-order valence-corrected chi connectivity index (χ2v) is 8.16. The number of pyridine rings is 1. The monoisotopic (exact) mass is 426 g/mol. The van der Waals surface area contributed by atoms with Gasteiger partial charge >= 0.3 is 0 Å². The number of hydrogen-bond acceptors (Lipinski definition) is 6. The lowest BCUT2D eigenvalue weighted by atomic mass is 9.88. The Morgan fingerprint density at radius 3 is 2.90 bits per heavy atom. The Bertz CT molecular complexity index is 1010. The highest BCUT2D eigenvalue weighted by atomic mass is 19.1. The molecule has 5 N–H and O–H groups in total. The van der Waals surface area contributed by atoms with Crippen molar-refractivity contribution in [1.29, 1.82) is 0 Å². The lowest BCUT2D eigenvalue weighted by molar-refractivity contribution is -0.127. The zero-order valence-electron chi connectivity index (χ0n) is 17.7. The Kier molecular flexibility index (Phi) is 5.53. The van der Waals surface area contributed by atoms with E-state index in [1.807, 2.05) is 13.8 Å². The zero-order valence-corrected chi connectivity index (χ0v) is 17.7. The van der Waals surface area contributed by atoms with Crippen LogP contribution in [0.1, 0.15) is 42.7 Å². The van der Waals surface area contributed by atoms with Gasteiger partial charge in [0.05, 0.1) is 23.3 Å². The number of nitrogens with two attached hydrogens (primary N) is 1. The molecule has 0 saturated carbocycles. The van der Waals surface area contributed by atoms with Gasteiger partial charge in [-0.2, -0.15) is 0 Å². The standard InChI is InChI=1S/C22H27FN6O2/c1-3-25-18-10-13(23)9-16-19(18)28-21(31)22(16,2)29-8-4-5-15(12-29)27-14-6-7-17(20(24)30)26-11-14/h6-7,9-11,15,25,27H,3-5,8,12H2,1-2H3,(H2,24,30)(H,28,31)/t15-,22?/m1/s1. The van der Waals surface area contributed by atoms with Gasteiger partial charge in [-0.25, -0.2) is 9.37 Å². The lowest BCUT2D eigenvalue weighted by Crippen LogP contribution is -2.55. The van der Waals surface area contributed by atoms with Gasteiger partial charge in [0.2, 0.25) is 5.91 Å². The minimum absolute atomic E-state index is 0.0745. The van der Waals surface area contributed by atoms with Crippen molar-refractivity contribution in [1.82, 2.24) is 9.88 Å². The van der Waals surface area contributed by atoms with E-state index in [9.17, 15) is 14.0 Å². The first-order valence-corrected chi connectivity index (χ1v) is 10.5. The predicted molar refractivity (Wildman–Crippen MR) is 118 cm³/mol. The van der Waals surface area contributed by atoms with E-state index in [1.54, 1.807) is 18.3 Å². The van der Waals surface area contributed by atoms with E-state index < -0.39 is 11.4 Å². The molecule has 2 amide bonds. The molecule has 1 unspecified atom stereocenters. The van der Waals surface area contributed by atoms with Crippen molar-refractivity contribution in [2.24, 2.45) is 5.73 Å². The number of primary amides is 1. The third-order valence-corrected chi connectivity index (χ3v) is 6.12. The lowest BCUT2D eigenvalue weighted by Gasteiger charge is -2.42. The molecule has 31 heavy (non-hydrogen) atoms. The highest BCUT2D eigenvalue weighted by Crippen LogP contribution is 2.45. The SMILES string of the molecule is CCNc1cc(F)cc2c1NC(=O)C2(C)N1CCC[C@@H](Nc2ccc(C(N)=O)nc2)C1. The van der Waals surface area contributed by atoms with Crippen LogP contribution in [-0.2, 0) is 10.3 Å². The molecule has 0 spiro atoms. The molecule has 1 aromatic heterocycles. The molecule has 0 bridgehead atoms. The molecule has 3 heterocycles. The summed E-state index contributed by atoms with van der Waals surface area (Å²) < 4.78 is 14.4. The maximum atomic E-state index is 14.4. The third-order valence-electron chi connectivity index (χ3n) is 6.12. The van der Waals surface area contributed by atoms with Crippen molar-refractivity contribution in [2.45, 2.75) is 38.3 Å². The van der Waals surface area contributed by atoms with Gasteiger partial charge in [-0.3, -0.25) is 14.5 Å². The molecule has 8 nitrogen and oxygen atoms in total. The van der Waals surface area contributed by atoms with Gasteiger partial charge in [0, 0.05) is 24.7 Å². The number of fused-ring (bicyclic) bond motifs is 1. The third kappa shape index (κ3) is 3.81. The fourth-order valence-corrected chi connectivity index (χ4v) is 4.49. The van der Waals surface area contributed by atoms with Crippen LogP contribution in [0.25, 0.3) is 0 Å². The van der Waals surface area contributed by atoms with Crippen LogP contribution in [0.4, 0.5) is 21.5 Å². The van der Waals surface area contributed by atoms with E-state index in [1.165, 1.54) is 12.1 Å². The highest BCUT2D eigenvalue weighted by Gasteiger charge is 2.49. The molecule has 9 heteroatoms. The number of likely N-dealkylation sites (tertiary alicyclic amines) is 1. The Labute approximate surface area is 180 Å². The molecule has 0 radical (unpaired) electrons. The number of hydrogen-bond donors (Lipinski definition) is 4. The smallest absolute Gasteiger partial charge is 0.267 e. The van der Waals surface area contributed by atoms with Gasteiger partial charge < -0.3 is 21.7 Å². The summed E-state index contributed by atoms with van der Waals surface area (Å²) in [4.78, 5) is 30.5. The van der Waals surface area contributed by atoms with Crippen molar-refractivity contribution in [2.75, 3.05) is 35.6 Å². The summed E-state index contributed by atoms with van der Waals surface area (Å²) in [6.07, 6.45) is 3.39. The van der Waals surface area contributed by atoms with E-state index in [0.717, 1.165) is 25.1 Å². The number of halogens is 1. The average Bonchev–Trinajstić information content (AvgIpc) is 3.00. The molecule has 164 valence electrons.